The standard InChI is InChI=1S/C17H21N5O3/c1-21-8-5-18-17(21)15(23)12-2-6-22(7-3-12)10-14-19-16(20-25-14)13-4-9-24-11-13/h4-5,8-9,11-12,15,23H,2-3,6-7,10H2,1H3. The number of hydrogen-bond acceptors (Lipinski definition) is 7. The Balaban J connectivity index is 1.33. The van der Waals surface area contributed by atoms with Gasteiger partial charge in [0.25, 0.3) is 0 Å². The van der Waals surface area contributed by atoms with Crippen LogP contribution in [-0.4, -0.2) is 42.8 Å². The molecule has 0 spiro atoms. The summed E-state index contributed by atoms with van der Waals surface area (Å²) in [7, 11) is 1.91. The van der Waals surface area contributed by atoms with E-state index in [4.69, 9.17) is 8.94 Å². The Kier molecular flexibility index (Phi) is 4.37. The van der Waals surface area contributed by atoms with Gasteiger partial charge in [-0.1, -0.05) is 5.16 Å². The predicted molar refractivity (Wildman–Crippen MR) is 88.2 cm³/mol. The third-order valence-electron chi connectivity index (χ3n) is 4.81. The maximum atomic E-state index is 10.5. The summed E-state index contributed by atoms with van der Waals surface area (Å²) in [6, 6.07) is 1.80. The van der Waals surface area contributed by atoms with Crippen molar-refractivity contribution in [2.75, 3.05) is 13.1 Å². The van der Waals surface area contributed by atoms with Crippen molar-refractivity contribution in [2.24, 2.45) is 13.0 Å². The quantitative estimate of drug-likeness (QED) is 0.757. The van der Waals surface area contributed by atoms with Crippen LogP contribution in [0.15, 0.2) is 39.9 Å². The van der Waals surface area contributed by atoms with Gasteiger partial charge >= 0.3 is 0 Å². The molecule has 3 aromatic heterocycles. The van der Waals surface area contributed by atoms with Crippen molar-refractivity contribution in [3.8, 4) is 11.4 Å². The average Bonchev–Trinajstić information content (AvgIpc) is 3.36. The van der Waals surface area contributed by atoms with Gasteiger partial charge < -0.3 is 18.6 Å². The van der Waals surface area contributed by atoms with Crippen molar-refractivity contribution < 1.29 is 14.0 Å². The number of imidazole rings is 1. The lowest BCUT2D eigenvalue weighted by molar-refractivity contribution is 0.0466. The Morgan fingerprint density at radius 1 is 1.36 bits per heavy atom. The molecular formula is C17H21N5O3. The summed E-state index contributed by atoms with van der Waals surface area (Å²) in [5.41, 5.74) is 0.812. The molecule has 1 fully saturated rings. The van der Waals surface area contributed by atoms with Crippen molar-refractivity contribution in [1.82, 2.24) is 24.6 Å². The predicted octanol–water partition coefficient (Wildman–Crippen LogP) is 2.01. The number of hydrogen-bond donors (Lipinski definition) is 1. The number of likely N-dealkylation sites (tertiary alicyclic amines) is 1. The topological polar surface area (TPSA) is 93.3 Å². The van der Waals surface area contributed by atoms with E-state index in [1.54, 1.807) is 24.8 Å². The van der Waals surface area contributed by atoms with E-state index in [1.165, 1.54) is 0 Å². The zero-order chi connectivity index (χ0) is 17.2. The second kappa shape index (κ2) is 6.81. The summed E-state index contributed by atoms with van der Waals surface area (Å²) in [4.78, 5) is 10.9. The van der Waals surface area contributed by atoms with Crippen LogP contribution in [0.4, 0.5) is 0 Å². The number of aromatic nitrogens is 4. The Bertz CT molecular complexity index is 802. The number of piperidine rings is 1. The van der Waals surface area contributed by atoms with E-state index in [2.05, 4.69) is 20.0 Å². The molecule has 0 aliphatic carbocycles. The van der Waals surface area contributed by atoms with Gasteiger partial charge in [-0.25, -0.2) is 4.98 Å². The summed E-state index contributed by atoms with van der Waals surface area (Å²) in [6.45, 7) is 2.39. The van der Waals surface area contributed by atoms with Gasteiger partial charge in [0.15, 0.2) is 0 Å². The van der Waals surface area contributed by atoms with Crippen LogP contribution in [0.5, 0.6) is 0 Å². The molecule has 1 aliphatic heterocycles. The van der Waals surface area contributed by atoms with Crippen LogP contribution in [-0.2, 0) is 13.6 Å². The average molecular weight is 343 g/mol. The molecule has 1 aliphatic rings. The summed E-state index contributed by atoms with van der Waals surface area (Å²) < 4.78 is 12.3. The first kappa shape index (κ1) is 16.0. The van der Waals surface area contributed by atoms with Gasteiger partial charge in [-0.15, -0.1) is 0 Å². The fourth-order valence-corrected chi connectivity index (χ4v) is 3.32. The number of nitrogens with zero attached hydrogens (tertiary/aromatic N) is 5. The van der Waals surface area contributed by atoms with Crippen LogP contribution >= 0.6 is 0 Å². The van der Waals surface area contributed by atoms with E-state index in [-0.39, 0.29) is 5.92 Å². The second-order valence-corrected chi connectivity index (χ2v) is 6.48. The highest BCUT2D eigenvalue weighted by Gasteiger charge is 2.29. The molecule has 1 N–H and O–H groups in total. The number of furan rings is 1. The van der Waals surface area contributed by atoms with Crippen molar-refractivity contribution in [1.29, 1.82) is 0 Å². The minimum absolute atomic E-state index is 0.224. The number of aliphatic hydroxyl groups excluding tert-OH is 1. The number of aryl methyl sites for hydroxylation is 1. The van der Waals surface area contributed by atoms with Crippen molar-refractivity contribution in [3.63, 3.8) is 0 Å². The smallest absolute Gasteiger partial charge is 0.241 e. The Morgan fingerprint density at radius 2 is 2.20 bits per heavy atom. The molecule has 3 aromatic rings. The van der Waals surface area contributed by atoms with Gasteiger partial charge in [-0.05, 0) is 37.9 Å². The molecule has 0 aromatic carbocycles. The summed E-state index contributed by atoms with van der Waals surface area (Å²) in [5.74, 6) is 2.10. The minimum atomic E-state index is -0.516. The highest BCUT2D eigenvalue weighted by molar-refractivity contribution is 5.51. The van der Waals surface area contributed by atoms with Crippen molar-refractivity contribution in [3.05, 3.63) is 42.7 Å². The highest BCUT2D eigenvalue weighted by Crippen LogP contribution is 2.30. The molecule has 25 heavy (non-hydrogen) atoms. The third kappa shape index (κ3) is 3.35. The Hall–Kier alpha value is -2.45. The molecule has 4 heterocycles. The van der Waals surface area contributed by atoms with Crippen LogP contribution in [0, 0.1) is 5.92 Å². The Morgan fingerprint density at radius 3 is 2.88 bits per heavy atom. The molecule has 4 rings (SSSR count). The summed E-state index contributed by atoms with van der Waals surface area (Å²) in [5, 5.41) is 14.5. The fraction of sp³-hybridized carbons (Fsp3) is 0.471. The normalized spacial score (nSPS) is 17.8. The molecule has 8 heteroatoms. The molecule has 0 bridgehead atoms. The lowest BCUT2D eigenvalue weighted by Gasteiger charge is -2.33. The largest absolute Gasteiger partial charge is 0.472 e. The minimum Gasteiger partial charge on any atom is -0.472 e. The van der Waals surface area contributed by atoms with Gasteiger partial charge in [0.2, 0.25) is 11.7 Å². The van der Waals surface area contributed by atoms with E-state index in [1.807, 2.05) is 17.8 Å². The molecule has 0 saturated carbocycles. The SMILES string of the molecule is Cn1ccnc1C(O)C1CCN(Cc2nc(-c3ccoc3)no2)CC1. The highest BCUT2D eigenvalue weighted by atomic mass is 16.5. The molecule has 0 radical (unpaired) electrons. The molecule has 1 saturated heterocycles. The van der Waals surface area contributed by atoms with E-state index in [0.717, 1.165) is 37.3 Å². The maximum Gasteiger partial charge on any atom is 0.241 e. The van der Waals surface area contributed by atoms with Crippen LogP contribution in [0.3, 0.4) is 0 Å². The van der Waals surface area contributed by atoms with E-state index in [9.17, 15) is 5.11 Å². The van der Waals surface area contributed by atoms with E-state index >= 15 is 0 Å². The lowest BCUT2D eigenvalue weighted by atomic mass is 9.91. The van der Waals surface area contributed by atoms with Gasteiger partial charge in [-0.2, -0.15) is 4.98 Å². The first-order chi connectivity index (χ1) is 12.2. The monoisotopic (exact) mass is 343 g/mol. The molecule has 132 valence electrons. The van der Waals surface area contributed by atoms with Gasteiger partial charge in [0.1, 0.15) is 18.2 Å². The maximum absolute atomic E-state index is 10.5. The zero-order valence-electron chi connectivity index (χ0n) is 14.1. The molecular weight excluding hydrogens is 322 g/mol. The van der Waals surface area contributed by atoms with Crippen LogP contribution in [0.25, 0.3) is 11.4 Å². The van der Waals surface area contributed by atoms with Gasteiger partial charge in [0, 0.05) is 19.4 Å². The molecule has 0 amide bonds. The Labute approximate surface area is 145 Å². The number of rotatable bonds is 5. The van der Waals surface area contributed by atoms with Crippen LogP contribution in [0.2, 0.25) is 0 Å². The second-order valence-electron chi connectivity index (χ2n) is 6.48. The van der Waals surface area contributed by atoms with E-state index in [0.29, 0.717) is 18.3 Å². The fourth-order valence-electron chi connectivity index (χ4n) is 3.32. The zero-order valence-corrected chi connectivity index (χ0v) is 14.1. The molecule has 1 atom stereocenters. The van der Waals surface area contributed by atoms with Gasteiger partial charge in [0.05, 0.1) is 18.4 Å². The lowest BCUT2D eigenvalue weighted by Crippen LogP contribution is -2.35. The first-order valence-electron chi connectivity index (χ1n) is 8.43. The number of aliphatic hydroxyl groups is 1. The summed E-state index contributed by atoms with van der Waals surface area (Å²) in [6.07, 6.45) is 8.08. The summed E-state index contributed by atoms with van der Waals surface area (Å²) >= 11 is 0. The first-order valence-corrected chi connectivity index (χ1v) is 8.43. The van der Waals surface area contributed by atoms with Crippen LogP contribution in [0.1, 0.15) is 30.7 Å². The molecule has 8 nitrogen and oxygen atoms in total. The van der Waals surface area contributed by atoms with Gasteiger partial charge in [-0.3, -0.25) is 4.90 Å². The van der Waals surface area contributed by atoms with E-state index < -0.39 is 6.10 Å². The third-order valence-corrected chi connectivity index (χ3v) is 4.81. The van der Waals surface area contributed by atoms with Crippen molar-refractivity contribution in [2.45, 2.75) is 25.5 Å². The van der Waals surface area contributed by atoms with Crippen molar-refractivity contribution >= 4 is 0 Å². The molecule has 1 unspecified atom stereocenters. The van der Waals surface area contributed by atoms with Crippen LogP contribution < -0.4 is 0 Å².